The van der Waals surface area contributed by atoms with Crippen molar-refractivity contribution in [2.45, 2.75) is 33.2 Å². The molecule has 1 aliphatic rings. The number of H-pyrrole nitrogens is 1. The highest BCUT2D eigenvalue weighted by Gasteiger charge is 2.44. The van der Waals surface area contributed by atoms with E-state index in [1.165, 1.54) is 29.3 Å². The molecule has 0 aliphatic heterocycles. The zero-order valence-electron chi connectivity index (χ0n) is 11.3. The first kappa shape index (κ1) is 11.8. The summed E-state index contributed by atoms with van der Waals surface area (Å²) < 4.78 is 0. The average molecular weight is 242 g/mol. The van der Waals surface area contributed by atoms with Gasteiger partial charge in [0.15, 0.2) is 0 Å². The number of rotatable bonds is 5. The zero-order valence-corrected chi connectivity index (χ0v) is 11.3. The largest absolute Gasteiger partial charge is 0.361 e. The number of aromatic amines is 1. The quantitative estimate of drug-likeness (QED) is 0.822. The minimum Gasteiger partial charge on any atom is -0.361 e. The van der Waals surface area contributed by atoms with Crippen LogP contribution in [0.4, 0.5) is 0 Å². The molecule has 96 valence electrons. The Morgan fingerprint density at radius 1 is 1.28 bits per heavy atom. The van der Waals surface area contributed by atoms with Crippen LogP contribution < -0.4 is 5.32 Å². The van der Waals surface area contributed by atoms with Gasteiger partial charge in [-0.25, -0.2) is 0 Å². The molecule has 2 N–H and O–H groups in total. The molecule has 2 aromatic rings. The van der Waals surface area contributed by atoms with E-state index < -0.39 is 0 Å². The summed E-state index contributed by atoms with van der Waals surface area (Å²) in [5, 5.41) is 4.95. The monoisotopic (exact) mass is 242 g/mol. The predicted molar refractivity (Wildman–Crippen MR) is 76.5 cm³/mol. The minimum absolute atomic E-state index is 0.587. The Bertz CT molecular complexity index is 535. The Kier molecular flexibility index (Phi) is 2.90. The van der Waals surface area contributed by atoms with Gasteiger partial charge in [-0.3, -0.25) is 0 Å². The minimum atomic E-state index is 0.587. The van der Waals surface area contributed by atoms with Crippen LogP contribution in [0.1, 0.15) is 32.3 Å². The Morgan fingerprint density at radius 2 is 2.11 bits per heavy atom. The van der Waals surface area contributed by atoms with Gasteiger partial charge < -0.3 is 10.3 Å². The van der Waals surface area contributed by atoms with E-state index >= 15 is 0 Å². The molecule has 1 saturated carbocycles. The molecule has 1 fully saturated rings. The third-order valence-corrected chi connectivity index (χ3v) is 4.58. The molecule has 18 heavy (non-hydrogen) atoms. The molecule has 0 atom stereocenters. The Labute approximate surface area is 109 Å². The molecule has 0 radical (unpaired) electrons. The summed E-state index contributed by atoms with van der Waals surface area (Å²) in [6.07, 6.45) is 4.80. The van der Waals surface area contributed by atoms with E-state index in [4.69, 9.17) is 0 Å². The van der Waals surface area contributed by atoms with Gasteiger partial charge in [0.25, 0.3) is 0 Å². The van der Waals surface area contributed by atoms with Gasteiger partial charge in [0.2, 0.25) is 0 Å². The molecule has 1 aromatic carbocycles. The van der Waals surface area contributed by atoms with Gasteiger partial charge in [0.1, 0.15) is 0 Å². The van der Waals surface area contributed by atoms with Crippen molar-refractivity contribution in [1.82, 2.24) is 10.3 Å². The molecular weight excluding hydrogens is 220 g/mol. The van der Waals surface area contributed by atoms with Crippen molar-refractivity contribution < 1.29 is 0 Å². The van der Waals surface area contributed by atoms with Crippen molar-refractivity contribution >= 4 is 10.9 Å². The number of hydrogen-bond acceptors (Lipinski definition) is 1. The third-order valence-electron chi connectivity index (χ3n) is 4.58. The topological polar surface area (TPSA) is 27.8 Å². The maximum absolute atomic E-state index is 3.65. The average Bonchev–Trinajstić information content (AvgIpc) is 2.99. The Balaban J connectivity index is 1.65. The van der Waals surface area contributed by atoms with E-state index in [1.807, 2.05) is 6.20 Å². The summed E-state index contributed by atoms with van der Waals surface area (Å²) in [5.41, 5.74) is 3.24. The zero-order chi connectivity index (χ0) is 12.6. The molecule has 0 spiro atoms. The maximum Gasteiger partial charge on any atom is 0.0499 e. The van der Waals surface area contributed by atoms with Crippen molar-refractivity contribution in [2.24, 2.45) is 11.3 Å². The van der Waals surface area contributed by atoms with Crippen molar-refractivity contribution in [3.8, 4) is 0 Å². The lowest BCUT2D eigenvalue weighted by atomic mass is 9.92. The SMILES string of the molecule is CC(C)C1(CNCc2cccc3cc[nH]c23)CC1. The fourth-order valence-corrected chi connectivity index (χ4v) is 2.86. The van der Waals surface area contributed by atoms with Crippen LogP contribution in [-0.2, 0) is 6.54 Å². The molecule has 1 aliphatic carbocycles. The maximum atomic E-state index is 3.65. The highest BCUT2D eigenvalue weighted by atomic mass is 14.9. The van der Waals surface area contributed by atoms with Crippen LogP contribution in [0.5, 0.6) is 0 Å². The number of fused-ring (bicyclic) bond motifs is 1. The van der Waals surface area contributed by atoms with Gasteiger partial charge >= 0.3 is 0 Å². The summed E-state index contributed by atoms with van der Waals surface area (Å²) in [5.74, 6) is 0.797. The number of hydrogen-bond donors (Lipinski definition) is 2. The molecule has 0 saturated heterocycles. The third kappa shape index (κ3) is 2.05. The second-order valence-corrected chi connectivity index (χ2v) is 5.98. The molecule has 3 rings (SSSR count). The van der Waals surface area contributed by atoms with Crippen LogP contribution in [0, 0.1) is 11.3 Å². The summed E-state index contributed by atoms with van der Waals surface area (Å²) in [6, 6.07) is 8.64. The Morgan fingerprint density at radius 3 is 2.83 bits per heavy atom. The first-order valence-electron chi connectivity index (χ1n) is 6.97. The van der Waals surface area contributed by atoms with E-state index in [0.717, 1.165) is 19.0 Å². The van der Waals surface area contributed by atoms with E-state index in [0.29, 0.717) is 5.41 Å². The first-order chi connectivity index (χ1) is 8.71. The van der Waals surface area contributed by atoms with Crippen molar-refractivity contribution in [3.05, 3.63) is 36.0 Å². The van der Waals surface area contributed by atoms with E-state index in [9.17, 15) is 0 Å². The highest BCUT2D eigenvalue weighted by molar-refractivity contribution is 5.82. The van der Waals surface area contributed by atoms with Gasteiger partial charge in [-0.05, 0) is 41.2 Å². The smallest absolute Gasteiger partial charge is 0.0499 e. The lowest BCUT2D eigenvalue weighted by Gasteiger charge is -2.20. The second-order valence-electron chi connectivity index (χ2n) is 5.98. The standard InChI is InChI=1S/C16H22N2/c1-12(2)16(7-8-16)11-17-10-14-5-3-4-13-6-9-18-15(13)14/h3-6,9,12,17-18H,7-8,10-11H2,1-2H3. The second kappa shape index (κ2) is 4.43. The van der Waals surface area contributed by atoms with Gasteiger partial charge in [-0.1, -0.05) is 32.0 Å². The van der Waals surface area contributed by atoms with Crippen molar-refractivity contribution in [1.29, 1.82) is 0 Å². The van der Waals surface area contributed by atoms with Gasteiger partial charge in [0, 0.05) is 24.8 Å². The van der Waals surface area contributed by atoms with Crippen molar-refractivity contribution in [2.75, 3.05) is 6.54 Å². The predicted octanol–water partition coefficient (Wildman–Crippen LogP) is 3.69. The van der Waals surface area contributed by atoms with E-state index in [1.54, 1.807) is 0 Å². The first-order valence-corrected chi connectivity index (χ1v) is 6.97. The van der Waals surface area contributed by atoms with Gasteiger partial charge in [-0.15, -0.1) is 0 Å². The summed E-state index contributed by atoms with van der Waals surface area (Å²) >= 11 is 0. The lowest BCUT2D eigenvalue weighted by Crippen LogP contribution is -2.27. The fourth-order valence-electron chi connectivity index (χ4n) is 2.86. The number of nitrogens with one attached hydrogen (secondary N) is 2. The summed E-state index contributed by atoms with van der Waals surface area (Å²) in [4.78, 5) is 3.33. The highest BCUT2D eigenvalue weighted by Crippen LogP contribution is 2.51. The van der Waals surface area contributed by atoms with Crippen molar-refractivity contribution in [3.63, 3.8) is 0 Å². The summed E-state index contributed by atoms with van der Waals surface area (Å²) in [7, 11) is 0. The van der Waals surface area contributed by atoms with Gasteiger partial charge in [0.05, 0.1) is 0 Å². The molecule has 0 unspecified atom stereocenters. The van der Waals surface area contributed by atoms with Crippen LogP contribution in [0.15, 0.2) is 30.5 Å². The lowest BCUT2D eigenvalue weighted by molar-refractivity contribution is 0.338. The number of aromatic nitrogens is 1. The Hall–Kier alpha value is -1.28. The fraction of sp³-hybridized carbons (Fsp3) is 0.500. The van der Waals surface area contributed by atoms with Crippen LogP contribution >= 0.6 is 0 Å². The van der Waals surface area contributed by atoms with Crippen LogP contribution in [-0.4, -0.2) is 11.5 Å². The van der Waals surface area contributed by atoms with Crippen LogP contribution in [0.25, 0.3) is 10.9 Å². The molecule has 0 amide bonds. The number of benzene rings is 1. The van der Waals surface area contributed by atoms with Crippen LogP contribution in [0.3, 0.4) is 0 Å². The normalized spacial score (nSPS) is 17.5. The number of para-hydroxylation sites is 1. The molecule has 1 heterocycles. The molecule has 2 heteroatoms. The molecule has 0 bridgehead atoms. The van der Waals surface area contributed by atoms with Crippen LogP contribution in [0.2, 0.25) is 0 Å². The summed E-state index contributed by atoms with van der Waals surface area (Å²) in [6.45, 7) is 6.81. The van der Waals surface area contributed by atoms with E-state index in [-0.39, 0.29) is 0 Å². The van der Waals surface area contributed by atoms with E-state index in [2.05, 4.69) is 48.4 Å². The molecule has 1 aromatic heterocycles. The molecular formula is C16H22N2. The van der Waals surface area contributed by atoms with Gasteiger partial charge in [-0.2, -0.15) is 0 Å². The molecule has 2 nitrogen and oxygen atoms in total.